The summed E-state index contributed by atoms with van der Waals surface area (Å²) in [5.41, 5.74) is 0.311. The van der Waals surface area contributed by atoms with E-state index >= 15 is 0 Å². The van der Waals surface area contributed by atoms with Crippen molar-refractivity contribution < 1.29 is 19.1 Å². The number of aryl methyl sites for hydroxylation is 1. The molecule has 4 heterocycles. The number of ether oxygens (including phenoxy) is 1. The number of amides is 3. The van der Waals surface area contributed by atoms with Crippen LogP contribution in [0.15, 0.2) is 47.9 Å². The van der Waals surface area contributed by atoms with E-state index in [1.54, 1.807) is 28.4 Å². The molecule has 1 aromatic carbocycles. The van der Waals surface area contributed by atoms with Gasteiger partial charge in [-0.15, -0.1) is 11.3 Å². The van der Waals surface area contributed by atoms with E-state index in [1.165, 1.54) is 6.42 Å². The molecule has 37 heavy (non-hydrogen) atoms. The van der Waals surface area contributed by atoms with Crippen LogP contribution >= 0.6 is 22.9 Å². The smallest absolute Gasteiger partial charge is 0.246 e. The fourth-order valence-corrected chi connectivity index (χ4v) is 7.31. The first-order valence-electron chi connectivity index (χ1n) is 12.9. The van der Waals surface area contributed by atoms with Gasteiger partial charge in [-0.1, -0.05) is 55.1 Å². The molecule has 1 spiro atoms. The Morgan fingerprint density at radius 3 is 2.73 bits per heavy atom. The summed E-state index contributed by atoms with van der Waals surface area (Å²) in [6, 6.07) is 8.49. The first-order chi connectivity index (χ1) is 17.9. The lowest BCUT2D eigenvalue weighted by atomic mass is 9.74. The van der Waals surface area contributed by atoms with E-state index in [4.69, 9.17) is 16.3 Å². The fraction of sp³-hybridized carbons (Fsp3) is 0.464. The SMILES string of the molecule is Cc1ccc(NC(=O)[C@H]2[C@H]3C=C[C@]4(O3)[C@H](C(=O)NC3CCCCC3)N(Cc3cccs3)C(=O)[C@@H]24)cc1Cl. The maximum absolute atomic E-state index is 14.0. The van der Waals surface area contributed by atoms with Gasteiger partial charge in [0.05, 0.1) is 24.5 Å². The van der Waals surface area contributed by atoms with Gasteiger partial charge in [-0.2, -0.15) is 0 Å². The average Bonchev–Trinajstić information content (AvgIpc) is 3.65. The predicted octanol–water partition coefficient (Wildman–Crippen LogP) is 4.45. The summed E-state index contributed by atoms with van der Waals surface area (Å²) in [7, 11) is 0. The van der Waals surface area contributed by atoms with Crippen molar-refractivity contribution in [2.24, 2.45) is 11.8 Å². The fourth-order valence-electron chi connectivity index (χ4n) is 6.43. The number of rotatable bonds is 6. The molecule has 0 radical (unpaired) electrons. The van der Waals surface area contributed by atoms with Crippen molar-refractivity contribution in [3.63, 3.8) is 0 Å². The number of benzene rings is 1. The van der Waals surface area contributed by atoms with Gasteiger partial charge < -0.3 is 20.3 Å². The number of anilines is 1. The molecule has 2 bridgehead atoms. The molecule has 194 valence electrons. The second-order valence-corrected chi connectivity index (χ2v) is 12.0. The van der Waals surface area contributed by atoms with Crippen LogP contribution in [0, 0.1) is 18.8 Å². The molecule has 3 amide bonds. The number of thiophene rings is 1. The topological polar surface area (TPSA) is 87.7 Å². The number of hydrogen-bond acceptors (Lipinski definition) is 5. The van der Waals surface area contributed by atoms with Gasteiger partial charge in [-0.05, 0) is 48.9 Å². The highest BCUT2D eigenvalue weighted by molar-refractivity contribution is 7.09. The Morgan fingerprint density at radius 1 is 1.19 bits per heavy atom. The Bertz CT molecular complexity index is 1260. The zero-order valence-electron chi connectivity index (χ0n) is 20.6. The number of carbonyl (C=O) groups excluding carboxylic acids is 3. The Balaban J connectivity index is 1.31. The standard InChI is InChI=1S/C28H30ClN3O4S/c1-16-9-10-18(14-20(16)29)31-25(33)22-21-11-12-28(36-21)23(22)27(35)32(15-19-8-5-13-37-19)24(28)26(34)30-17-6-3-2-4-7-17/h5,8-14,17,21-24H,2-4,6-7,15H2,1H3,(H,30,34)(H,31,33)/t21-,22+,23-,24+,28-/m1/s1. The number of hydrogen-bond donors (Lipinski definition) is 2. The number of fused-ring (bicyclic) bond motifs is 1. The molecule has 0 unspecified atom stereocenters. The first-order valence-corrected chi connectivity index (χ1v) is 14.2. The van der Waals surface area contributed by atoms with Crippen LogP contribution in [0.25, 0.3) is 0 Å². The number of carbonyl (C=O) groups is 3. The minimum atomic E-state index is -1.16. The second kappa shape index (κ2) is 9.57. The van der Waals surface area contributed by atoms with E-state index < -0.39 is 29.6 Å². The van der Waals surface area contributed by atoms with E-state index in [1.807, 2.05) is 42.7 Å². The van der Waals surface area contributed by atoms with Crippen molar-refractivity contribution in [2.75, 3.05) is 5.32 Å². The van der Waals surface area contributed by atoms with Gasteiger partial charge in [0.2, 0.25) is 17.7 Å². The van der Waals surface area contributed by atoms with E-state index in [-0.39, 0.29) is 23.8 Å². The second-order valence-electron chi connectivity index (χ2n) is 10.5. The third-order valence-corrected chi connectivity index (χ3v) is 9.49. The minimum Gasteiger partial charge on any atom is -0.359 e. The summed E-state index contributed by atoms with van der Waals surface area (Å²) in [5, 5.41) is 8.66. The first kappa shape index (κ1) is 24.6. The molecule has 1 saturated carbocycles. The van der Waals surface area contributed by atoms with Crippen molar-refractivity contribution in [3.05, 3.63) is 63.3 Å². The van der Waals surface area contributed by atoms with Crippen LogP contribution in [0.4, 0.5) is 5.69 Å². The third kappa shape index (κ3) is 4.19. The quantitative estimate of drug-likeness (QED) is 0.531. The van der Waals surface area contributed by atoms with Gasteiger partial charge >= 0.3 is 0 Å². The maximum Gasteiger partial charge on any atom is 0.246 e. The number of likely N-dealkylation sites (tertiary alicyclic amines) is 1. The molecule has 9 heteroatoms. The van der Waals surface area contributed by atoms with Crippen LogP contribution in [0.1, 0.15) is 42.5 Å². The number of halogens is 1. The zero-order valence-corrected chi connectivity index (χ0v) is 22.2. The number of nitrogens with zero attached hydrogens (tertiary/aromatic N) is 1. The average molecular weight is 540 g/mol. The molecule has 2 saturated heterocycles. The van der Waals surface area contributed by atoms with E-state index in [2.05, 4.69) is 10.6 Å². The van der Waals surface area contributed by atoms with Gasteiger partial charge in [0.25, 0.3) is 0 Å². The molecule has 5 atom stereocenters. The molecule has 3 aliphatic heterocycles. The molecule has 4 aliphatic rings. The van der Waals surface area contributed by atoms with Crippen molar-refractivity contribution in [1.29, 1.82) is 0 Å². The Hall–Kier alpha value is -2.68. The van der Waals surface area contributed by atoms with Crippen molar-refractivity contribution in [1.82, 2.24) is 10.2 Å². The van der Waals surface area contributed by atoms with Crippen molar-refractivity contribution >= 4 is 46.3 Å². The summed E-state index contributed by atoms with van der Waals surface area (Å²) in [4.78, 5) is 44.0. The van der Waals surface area contributed by atoms with Crippen LogP contribution in [0.5, 0.6) is 0 Å². The van der Waals surface area contributed by atoms with Gasteiger partial charge in [-0.3, -0.25) is 14.4 Å². The van der Waals surface area contributed by atoms with Crippen LogP contribution in [-0.2, 0) is 25.7 Å². The lowest BCUT2D eigenvalue weighted by Gasteiger charge is -2.34. The van der Waals surface area contributed by atoms with Crippen LogP contribution < -0.4 is 10.6 Å². The summed E-state index contributed by atoms with van der Waals surface area (Å²) >= 11 is 7.80. The zero-order chi connectivity index (χ0) is 25.7. The predicted molar refractivity (Wildman–Crippen MR) is 142 cm³/mol. The van der Waals surface area contributed by atoms with Crippen LogP contribution in [0.2, 0.25) is 5.02 Å². The summed E-state index contributed by atoms with van der Waals surface area (Å²) < 4.78 is 6.42. The Labute approximate surface area is 225 Å². The van der Waals surface area contributed by atoms with E-state index in [0.29, 0.717) is 17.3 Å². The van der Waals surface area contributed by atoms with Crippen LogP contribution in [0.3, 0.4) is 0 Å². The van der Waals surface area contributed by atoms with E-state index in [0.717, 1.165) is 36.1 Å². The molecule has 1 aromatic heterocycles. The van der Waals surface area contributed by atoms with Gasteiger partial charge in [0, 0.05) is 21.6 Å². The normalized spacial score (nSPS) is 30.5. The third-order valence-electron chi connectivity index (χ3n) is 8.22. The van der Waals surface area contributed by atoms with Gasteiger partial charge in [0.15, 0.2) is 0 Å². The summed E-state index contributed by atoms with van der Waals surface area (Å²) in [6.45, 7) is 2.20. The summed E-state index contributed by atoms with van der Waals surface area (Å²) in [5.74, 6) is -2.23. The highest BCUT2D eigenvalue weighted by Crippen LogP contribution is 2.55. The lowest BCUT2D eigenvalue weighted by molar-refractivity contribution is -0.142. The van der Waals surface area contributed by atoms with Gasteiger partial charge in [-0.25, -0.2) is 0 Å². The largest absolute Gasteiger partial charge is 0.359 e. The lowest BCUT2D eigenvalue weighted by Crippen LogP contribution is -2.56. The highest BCUT2D eigenvalue weighted by atomic mass is 35.5. The number of nitrogens with one attached hydrogen (secondary N) is 2. The van der Waals surface area contributed by atoms with Crippen LogP contribution in [-0.4, -0.2) is 46.4 Å². The monoisotopic (exact) mass is 539 g/mol. The summed E-state index contributed by atoms with van der Waals surface area (Å²) in [6.07, 6.45) is 8.37. The molecule has 2 aromatic rings. The maximum atomic E-state index is 14.0. The molecule has 3 fully saturated rings. The molecule has 7 nitrogen and oxygen atoms in total. The molecular formula is C28H30ClN3O4S. The molecular weight excluding hydrogens is 510 g/mol. The molecule has 1 aliphatic carbocycles. The van der Waals surface area contributed by atoms with Gasteiger partial charge in [0.1, 0.15) is 11.6 Å². The Morgan fingerprint density at radius 2 is 2.00 bits per heavy atom. The van der Waals surface area contributed by atoms with Crippen molar-refractivity contribution in [3.8, 4) is 0 Å². The van der Waals surface area contributed by atoms with E-state index in [9.17, 15) is 14.4 Å². The molecule has 6 rings (SSSR count). The Kier molecular flexibility index (Phi) is 6.37. The van der Waals surface area contributed by atoms with Crippen molar-refractivity contribution in [2.45, 2.75) is 69.4 Å². The molecule has 2 N–H and O–H groups in total. The minimum absolute atomic E-state index is 0.100. The highest BCUT2D eigenvalue weighted by Gasteiger charge is 2.72.